The predicted octanol–water partition coefficient (Wildman–Crippen LogP) is 0.169. The van der Waals surface area contributed by atoms with E-state index in [0.717, 1.165) is 11.3 Å². The van der Waals surface area contributed by atoms with Gasteiger partial charge in [-0.3, -0.25) is 0 Å². The van der Waals surface area contributed by atoms with Gasteiger partial charge in [-0.2, -0.15) is 9.52 Å². The highest BCUT2D eigenvalue weighted by atomic mass is 32.2. The topological polar surface area (TPSA) is 110 Å². The lowest BCUT2D eigenvalue weighted by Crippen LogP contribution is -2.29. The molecule has 2 aromatic rings. The maximum absolute atomic E-state index is 12.4. The minimum absolute atomic E-state index is 0.134. The summed E-state index contributed by atoms with van der Waals surface area (Å²) in [6, 6.07) is 3.18. The molecule has 0 radical (unpaired) electrons. The lowest BCUT2D eigenvalue weighted by Gasteiger charge is -2.15. The molecule has 0 aliphatic rings. The van der Waals surface area contributed by atoms with Gasteiger partial charge in [0.2, 0.25) is 5.82 Å². The van der Waals surface area contributed by atoms with Crippen molar-refractivity contribution in [2.45, 2.75) is 4.21 Å². The van der Waals surface area contributed by atoms with Crippen LogP contribution in [0, 0.1) is 0 Å². The number of thiophene rings is 1. The molecule has 1 N–H and O–H groups in total. The van der Waals surface area contributed by atoms with Gasteiger partial charge in [-0.05, 0) is 17.3 Å². The Bertz CT molecular complexity index is 655. The highest BCUT2D eigenvalue weighted by molar-refractivity contribution is 7.91. The van der Waals surface area contributed by atoms with Crippen LogP contribution >= 0.6 is 11.3 Å². The average Bonchev–Trinajstić information content (AvgIpc) is 3.12. The number of ether oxygens (including phenoxy) is 2. The van der Waals surface area contributed by atoms with Crippen molar-refractivity contribution in [2.24, 2.45) is 0 Å². The number of H-pyrrole nitrogens is 1. The molecule has 2 aromatic heterocycles. The molecule has 2 heterocycles. The van der Waals surface area contributed by atoms with E-state index in [2.05, 4.69) is 20.6 Å². The second kappa shape index (κ2) is 7.04. The zero-order valence-corrected chi connectivity index (χ0v) is 13.1. The van der Waals surface area contributed by atoms with Crippen LogP contribution in [0.4, 0.5) is 0 Å². The van der Waals surface area contributed by atoms with Gasteiger partial charge in [-0.15, -0.1) is 21.5 Å². The fourth-order valence-corrected chi connectivity index (χ4v) is 4.06. The van der Waals surface area contributed by atoms with Crippen LogP contribution in [-0.4, -0.2) is 67.4 Å². The molecule has 0 aliphatic carbocycles. The van der Waals surface area contributed by atoms with Gasteiger partial charge in [-0.25, -0.2) is 8.42 Å². The van der Waals surface area contributed by atoms with Gasteiger partial charge in [0.25, 0.3) is 10.0 Å². The molecule has 0 aromatic carbocycles. The molecule has 0 amide bonds. The molecule has 0 atom stereocenters. The van der Waals surface area contributed by atoms with E-state index in [1.54, 1.807) is 6.07 Å². The summed E-state index contributed by atoms with van der Waals surface area (Å²) < 4.78 is 36.0. The van der Waals surface area contributed by atoms with E-state index in [4.69, 9.17) is 9.47 Å². The summed E-state index contributed by atoms with van der Waals surface area (Å²) in [6.07, 6.45) is 0. The van der Waals surface area contributed by atoms with E-state index in [-0.39, 0.29) is 24.2 Å². The first kappa shape index (κ1) is 16.0. The first-order chi connectivity index (χ1) is 10.1. The number of nitrogens with zero attached hydrogens (tertiary/aromatic N) is 4. The fraction of sp³-hybridized carbons (Fsp3) is 0.500. The third-order valence-electron chi connectivity index (χ3n) is 2.56. The summed E-state index contributed by atoms with van der Waals surface area (Å²) in [5.74, 6) is 0.368. The van der Waals surface area contributed by atoms with Crippen LogP contribution < -0.4 is 0 Å². The maximum Gasteiger partial charge on any atom is 0.252 e. The number of aromatic amines is 1. The molecule has 0 aliphatic heterocycles. The number of nitrogens with one attached hydrogen (secondary N) is 1. The van der Waals surface area contributed by atoms with Crippen molar-refractivity contribution >= 4 is 21.4 Å². The Morgan fingerprint density at radius 1 is 1.43 bits per heavy atom. The van der Waals surface area contributed by atoms with Crippen LogP contribution in [0.2, 0.25) is 0 Å². The monoisotopic (exact) mass is 333 g/mol. The van der Waals surface area contributed by atoms with Gasteiger partial charge in [0.1, 0.15) is 11.0 Å². The molecule has 9 nitrogen and oxygen atoms in total. The van der Waals surface area contributed by atoms with Gasteiger partial charge in [-0.1, -0.05) is 0 Å². The molecule has 11 heteroatoms. The molecule has 21 heavy (non-hydrogen) atoms. The summed E-state index contributed by atoms with van der Waals surface area (Å²) in [7, 11) is -0.547. The fourth-order valence-electron chi connectivity index (χ4n) is 1.45. The molecule has 0 fully saturated rings. The minimum atomic E-state index is -3.55. The normalized spacial score (nSPS) is 12.1. The SMILES string of the molecule is COCOCCN(C)S(=O)(=O)c1ccc(-c2nn[nH]n2)s1. The van der Waals surface area contributed by atoms with Gasteiger partial charge in [0, 0.05) is 20.7 Å². The van der Waals surface area contributed by atoms with Gasteiger partial charge < -0.3 is 9.47 Å². The van der Waals surface area contributed by atoms with Crippen molar-refractivity contribution in [1.29, 1.82) is 0 Å². The number of sulfonamides is 1. The number of hydrogen-bond acceptors (Lipinski definition) is 8. The van der Waals surface area contributed by atoms with E-state index in [1.807, 2.05) is 0 Å². The molecule has 0 saturated heterocycles. The molecular formula is C10H15N5O4S2. The Morgan fingerprint density at radius 2 is 2.24 bits per heavy atom. The summed E-state index contributed by atoms with van der Waals surface area (Å²) in [5, 5.41) is 13.4. The van der Waals surface area contributed by atoms with Crippen LogP contribution in [-0.2, 0) is 19.5 Å². The predicted molar refractivity (Wildman–Crippen MR) is 75.1 cm³/mol. The highest BCUT2D eigenvalue weighted by Gasteiger charge is 2.23. The largest absolute Gasteiger partial charge is 0.359 e. The van der Waals surface area contributed by atoms with E-state index < -0.39 is 10.0 Å². The van der Waals surface area contributed by atoms with Gasteiger partial charge in [0.15, 0.2) is 0 Å². The lowest BCUT2D eigenvalue weighted by molar-refractivity contribution is -0.0317. The second-order valence-electron chi connectivity index (χ2n) is 4.00. The van der Waals surface area contributed by atoms with Crippen LogP contribution in [0.15, 0.2) is 16.3 Å². The number of methoxy groups -OCH3 is 1. The molecule has 0 spiro atoms. The number of rotatable bonds is 8. The Hall–Kier alpha value is -1.40. The van der Waals surface area contributed by atoms with Crippen molar-refractivity contribution in [3.8, 4) is 10.7 Å². The Kier molecular flexibility index (Phi) is 5.36. The summed E-state index contributed by atoms with van der Waals surface area (Å²) in [4.78, 5) is 0.631. The zero-order chi connectivity index (χ0) is 15.3. The summed E-state index contributed by atoms with van der Waals surface area (Å²) >= 11 is 1.09. The highest BCUT2D eigenvalue weighted by Crippen LogP contribution is 2.29. The standard InChI is InChI=1S/C10H15N5O4S2/c1-15(5-6-19-7-18-2)21(16,17)9-4-3-8(20-9)10-11-13-14-12-10/h3-4H,5-7H2,1-2H3,(H,11,12,13,14). The number of tetrazole rings is 1. The van der Waals surface area contributed by atoms with Crippen molar-refractivity contribution in [3.63, 3.8) is 0 Å². The third-order valence-corrected chi connectivity index (χ3v) is 5.97. The van der Waals surface area contributed by atoms with E-state index in [0.29, 0.717) is 10.7 Å². The minimum Gasteiger partial charge on any atom is -0.359 e. The van der Waals surface area contributed by atoms with Crippen LogP contribution in [0.5, 0.6) is 0 Å². The molecule has 0 bridgehead atoms. The van der Waals surface area contributed by atoms with E-state index in [9.17, 15) is 8.42 Å². The van der Waals surface area contributed by atoms with Crippen molar-refractivity contribution in [2.75, 3.05) is 34.1 Å². The number of likely N-dealkylation sites (N-methyl/N-ethyl adjacent to an activating group) is 1. The molecule has 0 saturated carbocycles. The quantitative estimate of drug-likeness (QED) is 0.541. The Morgan fingerprint density at radius 3 is 2.90 bits per heavy atom. The summed E-state index contributed by atoms with van der Waals surface area (Å²) in [5.41, 5.74) is 0. The summed E-state index contributed by atoms with van der Waals surface area (Å²) in [6.45, 7) is 0.628. The van der Waals surface area contributed by atoms with Crippen LogP contribution in [0.3, 0.4) is 0 Å². The first-order valence-corrected chi connectivity index (χ1v) is 8.18. The van der Waals surface area contributed by atoms with Crippen LogP contribution in [0.25, 0.3) is 10.7 Å². The molecule has 0 unspecified atom stereocenters. The third kappa shape index (κ3) is 3.83. The van der Waals surface area contributed by atoms with Gasteiger partial charge >= 0.3 is 0 Å². The number of aromatic nitrogens is 4. The van der Waals surface area contributed by atoms with Crippen LogP contribution in [0.1, 0.15) is 0 Å². The Balaban J connectivity index is 2.05. The lowest BCUT2D eigenvalue weighted by atomic mass is 10.5. The zero-order valence-electron chi connectivity index (χ0n) is 11.5. The van der Waals surface area contributed by atoms with E-state index in [1.165, 1.54) is 24.5 Å². The van der Waals surface area contributed by atoms with Gasteiger partial charge in [0.05, 0.1) is 11.5 Å². The maximum atomic E-state index is 12.4. The van der Waals surface area contributed by atoms with Crippen molar-refractivity contribution in [3.05, 3.63) is 12.1 Å². The average molecular weight is 333 g/mol. The Labute approximate surface area is 125 Å². The first-order valence-electron chi connectivity index (χ1n) is 5.92. The molecule has 2 rings (SSSR count). The van der Waals surface area contributed by atoms with E-state index >= 15 is 0 Å². The van der Waals surface area contributed by atoms with Crippen molar-refractivity contribution in [1.82, 2.24) is 24.9 Å². The number of hydrogen-bond donors (Lipinski definition) is 1. The molecule has 116 valence electrons. The molecular weight excluding hydrogens is 318 g/mol. The smallest absolute Gasteiger partial charge is 0.252 e. The van der Waals surface area contributed by atoms with Crippen molar-refractivity contribution < 1.29 is 17.9 Å². The second-order valence-corrected chi connectivity index (χ2v) is 7.35.